The highest BCUT2D eigenvalue weighted by Gasteiger charge is 2.13. The molecule has 0 aliphatic carbocycles. The Morgan fingerprint density at radius 3 is 2.50 bits per heavy atom. The van der Waals surface area contributed by atoms with Crippen molar-refractivity contribution in [2.75, 3.05) is 0 Å². The smallest absolute Gasteiger partial charge is 0.252 e. The number of aryl methyl sites for hydroxylation is 2. The molecule has 1 unspecified atom stereocenters. The van der Waals surface area contributed by atoms with Crippen LogP contribution in [-0.2, 0) is 0 Å². The van der Waals surface area contributed by atoms with Crippen molar-refractivity contribution in [3.8, 4) is 0 Å². The second-order valence-corrected chi connectivity index (χ2v) is 4.17. The maximum absolute atomic E-state index is 12.0. The Kier molecular flexibility index (Phi) is 4.29. The monoisotopic (exact) mass is 217 g/mol. The summed E-state index contributed by atoms with van der Waals surface area (Å²) in [4.78, 5) is 12.0. The van der Waals surface area contributed by atoms with Gasteiger partial charge in [0.05, 0.1) is 0 Å². The molecule has 0 fully saturated rings. The van der Waals surface area contributed by atoms with Crippen molar-refractivity contribution in [3.63, 3.8) is 0 Å². The van der Waals surface area contributed by atoms with E-state index < -0.39 is 0 Å². The van der Waals surface area contributed by atoms with Gasteiger partial charge in [0.15, 0.2) is 0 Å². The van der Waals surface area contributed by atoms with Crippen LogP contribution in [0.5, 0.6) is 0 Å². The van der Waals surface area contributed by atoms with Crippen molar-refractivity contribution in [1.82, 2.24) is 5.32 Å². The van der Waals surface area contributed by atoms with Gasteiger partial charge in [-0.05, 0) is 38.3 Å². The number of benzene rings is 1. The zero-order chi connectivity index (χ0) is 12.1. The van der Waals surface area contributed by atoms with E-state index in [1.54, 1.807) is 0 Å². The van der Waals surface area contributed by atoms with Crippen LogP contribution in [0.2, 0.25) is 0 Å². The average molecular weight is 217 g/mol. The molecular weight excluding hydrogens is 198 g/mol. The van der Waals surface area contributed by atoms with E-state index in [4.69, 9.17) is 0 Å². The quantitative estimate of drug-likeness (QED) is 0.772. The molecule has 1 atom stereocenters. The van der Waals surface area contributed by atoms with Gasteiger partial charge in [0, 0.05) is 11.6 Å². The summed E-state index contributed by atoms with van der Waals surface area (Å²) >= 11 is 0. The van der Waals surface area contributed by atoms with Gasteiger partial charge >= 0.3 is 0 Å². The van der Waals surface area contributed by atoms with Crippen molar-refractivity contribution in [2.45, 2.75) is 33.2 Å². The van der Waals surface area contributed by atoms with Crippen molar-refractivity contribution in [1.29, 1.82) is 0 Å². The lowest BCUT2D eigenvalue weighted by Crippen LogP contribution is -2.33. The molecule has 1 N–H and O–H groups in total. The summed E-state index contributed by atoms with van der Waals surface area (Å²) in [5, 5.41) is 2.97. The molecule has 2 nitrogen and oxygen atoms in total. The highest BCUT2D eigenvalue weighted by atomic mass is 16.1. The number of amides is 1. The number of hydrogen-bond donors (Lipinski definition) is 1. The molecule has 0 radical (unpaired) electrons. The number of rotatable bonds is 4. The van der Waals surface area contributed by atoms with Gasteiger partial charge < -0.3 is 5.32 Å². The minimum Gasteiger partial charge on any atom is -0.349 e. The topological polar surface area (TPSA) is 29.1 Å². The minimum absolute atomic E-state index is 0.00458. The third kappa shape index (κ3) is 2.96. The molecule has 0 heterocycles. The van der Waals surface area contributed by atoms with Gasteiger partial charge in [-0.15, -0.1) is 6.58 Å². The predicted molar refractivity (Wildman–Crippen MR) is 67.7 cm³/mol. The molecule has 0 aliphatic rings. The van der Waals surface area contributed by atoms with E-state index in [1.807, 2.05) is 45.0 Å². The number of carbonyl (C=O) groups excluding carboxylic acids is 1. The Labute approximate surface area is 97.4 Å². The van der Waals surface area contributed by atoms with Crippen LogP contribution < -0.4 is 5.32 Å². The van der Waals surface area contributed by atoms with Gasteiger partial charge in [0.25, 0.3) is 5.91 Å². The fourth-order valence-electron chi connectivity index (χ4n) is 1.78. The zero-order valence-corrected chi connectivity index (χ0v) is 10.2. The Balaban J connectivity index is 2.84. The zero-order valence-electron chi connectivity index (χ0n) is 10.2. The summed E-state index contributed by atoms with van der Waals surface area (Å²) in [6.07, 6.45) is 2.60. The molecule has 0 aliphatic heterocycles. The first-order valence-corrected chi connectivity index (χ1v) is 5.54. The van der Waals surface area contributed by atoms with E-state index in [2.05, 4.69) is 11.9 Å². The van der Waals surface area contributed by atoms with Crippen LogP contribution in [0.1, 0.15) is 34.8 Å². The molecule has 86 valence electrons. The van der Waals surface area contributed by atoms with Crippen LogP contribution in [0.15, 0.2) is 30.9 Å². The van der Waals surface area contributed by atoms with Crippen molar-refractivity contribution >= 4 is 5.91 Å². The second-order valence-electron chi connectivity index (χ2n) is 4.17. The van der Waals surface area contributed by atoms with Gasteiger partial charge in [0.2, 0.25) is 0 Å². The fourth-order valence-corrected chi connectivity index (χ4v) is 1.78. The molecule has 16 heavy (non-hydrogen) atoms. The standard InChI is InChI=1S/C14H19NO/c1-5-7-12(4)15-14(16)13-10(2)8-6-9-11(13)3/h5-6,8-9,12H,1,7H2,2-4H3,(H,15,16). The van der Waals surface area contributed by atoms with Crippen LogP contribution in [0, 0.1) is 13.8 Å². The Morgan fingerprint density at radius 2 is 2.00 bits per heavy atom. The second kappa shape index (κ2) is 5.50. The molecule has 0 spiro atoms. The van der Waals surface area contributed by atoms with Gasteiger partial charge in [-0.2, -0.15) is 0 Å². The Bertz CT molecular complexity index is 375. The molecule has 0 saturated carbocycles. The van der Waals surface area contributed by atoms with Crippen LogP contribution >= 0.6 is 0 Å². The summed E-state index contributed by atoms with van der Waals surface area (Å²) in [5.74, 6) is 0.00458. The first-order valence-electron chi connectivity index (χ1n) is 5.54. The molecule has 0 saturated heterocycles. The highest BCUT2D eigenvalue weighted by Crippen LogP contribution is 2.13. The molecule has 0 bridgehead atoms. The van der Waals surface area contributed by atoms with Crippen LogP contribution in [-0.4, -0.2) is 11.9 Å². The third-order valence-electron chi connectivity index (χ3n) is 2.61. The van der Waals surface area contributed by atoms with Crippen molar-refractivity contribution < 1.29 is 4.79 Å². The maximum Gasteiger partial charge on any atom is 0.252 e. The maximum atomic E-state index is 12.0. The van der Waals surface area contributed by atoms with Crippen molar-refractivity contribution in [2.24, 2.45) is 0 Å². The van der Waals surface area contributed by atoms with Crippen molar-refractivity contribution in [3.05, 3.63) is 47.5 Å². The molecule has 1 rings (SSSR count). The van der Waals surface area contributed by atoms with E-state index in [9.17, 15) is 4.79 Å². The van der Waals surface area contributed by atoms with Crippen LogP contribution in [0.4, 0.5) is 0 Å². The lowest BCUT2D eigenvalue weighted by molar-refractivity contribution is 0.0939. The first-order chi connectivity index (χ1) is 7.56. The van der Waals surface area contributed by atoms with Crippen LogP contribution in [0.3, 0.4) is 0 Å². The third-order valence-corrected chi connectivity index (χ3v) is 2.61. The summed E-state index contributed by atoms with van der Waals surface area (Å²) < 4.78 is 0. The number of hydrogen-bond acceptors (Lipinski definition) is 1. The van der Waals surface area contributed by atoms with Gasteiger partial charge in [-0.1, -0.05) is 24.3 Å². The summed E-state index contributed by atoms with van der Waals surface area (Å²) in [6, 6.07) is 6.01. The molecule has 1 aromatic carbocycles. The summed E-state index contributed by atoms with van der Waals surface area (Å²) in [5.41, 5.74) is 2.82. The normalized spacial score (nSPS) is 11.9. The number of carbonyl (C=O) groups is 1. The SMILES string of the molecule is C=CCC(C)NC(=O)c1c(C)cccc1C. The Morgan fingerprint density at radius 1 is 1.44 bits per heavy atom. The van der Waals surface area contributed by atoms with E-state index in [1.165, 1.54) is 0 Å². The van der Waals surface area contributed by atoms with E-state index in [0.717, 1.165) is 23.1 Å². The fraction of sp³-hybridized carbons (Fsp3) is 0.357. The molecule has 1 aromatic rings. The first kappa shape index (κ1) is 12.5. The number of nitrogens with one attached hydrogen (secondary N) is 1. The summed E-state index contributed by atoms with van der Waals surface area (Å²) in [7, 11) is 0. The van der Waals surface area contributed by atoms with E-state index in [0.29, 0.717) is 0 Å². The molecule has 2 heteroatoms. The van der Waals surface area contributed by atoms with Gasteiger partial charge in [-0.25, -0.2) is 0 Å². The predicted octanol–water partition coefficient (Wildman–Crippen LogP) is 3.00. The summed E-state index contributed by atoms with van der Waals surface area (Å²) in [6.45, 7) is 9.56. The highest BCUT2D eigenvalue weighted by molar-refractivity contribution is 5.97. The van der Waals surface area contributed by atoms with E-state index >= 15 is 0 Å². The molecule has 1 amide bonds. The largest absolute Gasteiger partial charge is 0.349 e. The van der Waals surface area contributed by atoms with Gasteiger partial charge in [-0.3, -0.25) is 4.79 Å². The van der Waals surface area contributed by atoms with E-state index in [-0.39, 0.29) is 11.9 Å². The lowest BCUT2D eigenvalue weighted by Gasteiger charge is -2.14. The minimum atomic E-state index is 0.00458. The Hall–Kier alpha value is -1.57. The van der Waals surface area contributed by atoms with Gasteiger partial charge in [0.1, 0.15) is 0 Å². The lowest BCUT2D eigenvalue weighted by atomic mass is 10.0. The van der Waals surface area contributed by atoms with Crippen LogP contribution in [0.25, 0.3) is 0 Å². The average Bonchev–Trinajstić information content (AvgIpc) is 2.17. The molecule has 0 aromatic heterocycles. The molecular formula is C14H19NO.